The van der Waals surface area contributed by atoms with Crippen LogP contribution in [-0.4, -0.2) is 25.1 Å². The molecule has 0 aliphatic carbocycles. The molecule has 0 aliphatic rings. The molecule has 6 heteroatoms. The zero-order valence-electron chi connectivity index (χ0n) is 10.2. The van der Waals surface area contributed by atoms with E-state index in [9.17, 15) is 9.59 Å². The number of para-hydroxylation sites is 1. The highest BCUT2D eigenvalue weighted by atomic mass is 16.5. The van der Waals surface area contributed by atoms with Crippen LogP contribution in [-0.2, 0) is 4.79 Å². The van der Waals surface area contributed by atoms with Gasteiger partial charge in [0.1, 0.15) is 12.4 Å². The minimum Gasteiger partial charge on any atom is -0.492 e. The Morgan fingerprint density at radius 2 is 1.89 bits per heavy atom. The first-order chi connectivity index (χ1) is 8.72. The van der Waals surface area contributed by atoms with Gasteiger partial charge >= 0.3 is 6.03 Å². The molecule has 0 aliphatic heterocycles. The molecular weight excluding hydrogens is 234 g/mol. The number of nitrogens with one attached hydrogen (secondary N) is 3. The molecule has 0 heterocycles. The number of carbonyl (C=O) groups is 2. The largest absolute Gasteiger partial charge is 0.492 e. The Labute approximate surface area is 106 Å². The van der Waals surface area contributed by atoms with Crippen LogP contribution in [0.4, 0.5) is 4.79 Å². The van der Waals surface area contributed by atoms with Crippen molar-refractivity contribution in [3.63, 3.8) is 0 Å². The van der Waals surface area contributed by atoms with E-state index in [1.54, 1.807) is 6.92 Å². The van der Waals surface area contributed by atoms with Crippen molar-refractivity contribution in [2.24, 2.45) is 0 Å². The standard InChI is InChI=1S/C12H17N3O3/c1-2-11(16)14-15-12(17)13-8-9-18-10-6-4-3-5-7-10/h3-7H,2,8-9H2,1H3,(H,14,16)(H2,13,15,17). The second-order valence-corrected chi connectivity index (χ2v) is 3.44. The first-order valence-electron chi connectivity index (χ1n) is 5.73. The minimum atomic E-state index is -0.464. The van der Waals surface area contributed by atoms with E-state index in [0.717, 1.165) is 5.75 Å². The van der Waals surface area contributed by atoms with Gasteiger partial charge in [-0.2, -0.15) is 0 Å². The number of carbonyl (C=O) groups excluding carboxylic acids is 2. The molecule has 0 bridgehead atoms. The maximum Gasteiger partial charge on any atom is 0.333 e. The van der Waals surface area contributed by atoms with Gasteiger partial charge in [-0.05, 0) is 12.1 Å². The predicted octanol–water partition coefficient (Wildman–Crippen LogP) is 0.806. The minimum absolute atomic E-state index is 0.245. The summed E-state index contributed by atoms with van der Waals surface area (Å²) in [6.07, 6.45) is 0.317. The molecule has 0 spiro atoms. The lowest BCUT2D eigenvalue weighted by Crippen LogP contribution is -2.47. The topological polar surface area (TPSA) is 79.5 Å². The number of benzene rings is 1. The first kappa shape index (κ1) is 13.8. The second-order valence-electron chi connectivity index (χ2n) is 3.44. The number of hydrogen-bond acceptors (Lipinski definition) is 3. The van der Waals surface area contributed by atoms with E-state index < -0.39 is 6.03 Å². The first-order valence-corrected chi connectivity index (χ1v) is 5.73. The molecule has 0 atom stereocenters. The SMILES string of the molecule is CCC(=O)NNC(=O)NCCOc1ccccc1. The van der Waals surface area contributed by atoms with Gasteiger partial charge in [-0.1, -0.05) is 25.1 Å². The highest BCUT2D eigenvalue weighted by molar-refractivity contribution is 5.80. The van der Waals surface area contributed by atoms with Crippen LogP contribution in [0, 0.1) is 0 Å². The van der Waals surface area contributed by atoms with Crippen molar-refractivity contribution in [1.82, 2.24) is 16.2 Å². The molecular formula is C12H17N3O3. The van der Waals surface area contributed by atoms with Crippen molar-refractivity contribution in [1.29, 1.82) is 0 Å². The quantitative estimate of drug-likeness (QED) is 0.535. The van der Waals surface area contributed by atoms with Gasteiger partial charge in [0.2, 0.25) is 5.91 Å². The maximum absolute atomic E-state index is 11.2. The van der Waals surface area contributed by atoms with E-state index in [1.807, 2.05) is 30.3 Å². The molecule has 0 fully saturated rings. The number of urea groups is 1. The fourth-order valence-electron chi connectivity index (χ4n) is 1.11. The fraction of sp³-hybridized carbons (Fsp3) is 0.333. The molecule has 0 saturated heterocycles. The van der Waals surface area contributed by atoms with E-state index in [4.69, 9.17) is 4.74 Å². The van der Waals surface area contributed by atoms with E-state index in [-0.39, 0.29) is 5.91 Å². The summed E-state index contributed by atoms with van der Waals surface area (Å²) in [5, 5.41) is 2.54. The highest BCUT2D eigenvalue weighted by Crippen LogP contribution is 2.07. The van der Waals surface area contributed by atoms with Crippen molar-refractivity contribution in [2.75, 3.05) is 13.2 Å². The summed E-state index contributed by atoms with van der Waals surface area (Å²) in [6.45, 7) is 2.41. The molecule has 0 radical (unpaired) electrons. The van der Waals surface area contributed by atoms with E-state index in [2.05, 4.69) is 16.2 Å². The van der Waals surface area contributed by atoms with E-state index in [0.29, 0.717) is 19.6 Å². The number of amides is 3. The van der Waals surface area contributed by atoms with Gasteiger partial charge in [0.05, 0.1) is 6.54 Å². The lowest BCUT2D eigenvalue weighted by Gasteiger charge is -2.09. The molecule has 6 nitrogen and oxygen atoms in total. The molecule has 18 heavy (non-hydrogen) atoms. The third-order valence-corrected chi connectivity index (χ3v) is 2.04. The summed E-state index contributed by atoms with van der Waals surface area (Å²) in [6, 6.07) is 8.84. The van der Waals surface area contributed by atoms with Crippen molar-refractivity contribution in [2.45, 2.75) is 13.3 Å². The Kier molecular flexibility index (Phi) is 6.10. The molecule has 3 amide bonds. The monoisotopic (exact) mass is 251 g/mol. The van der Waals surface area contributed by atoms with Crippen molar-refractivity contribution < 1.29 is 14.3 Å². The number of hydrogen-bond donors (Lipinski definition) is 3. The van der Waals surface area contributed by atoms with Crippen LogP contribution in [0.2, 0.25) is 0 Å². The third-order valence-electron chi connectivity index (χ3n) is 2.04. The van der Waals surface area contributed by atoms with Gasteiger partial charge in [0, 0.05) is 6.42 Å². The zero-order chi connectivity index (χ0) is 13.2. The van der Waals surface area contributed by atoms with E-state index >= 15 is 0 Å². The number of ether oxygens (including phenoxy) is 1. The maximum atomic E-state index is 11.2. The highest BCUT2D eigenvalue weighted by Gasteiger charge is 2.01. The van der Waals surface area contributed by atoms with Crippen molar-refractivity contribution in [3.05, 3.63) is 30.3 Å². The summed E-state index contributed by atoms with van der Waals surface area (Å²) in [5.74, 6) is 0.504. The van der Waals surface area contributed by atoms with Gasteiger partial charge in [-0.15, -0.1) is 0 Å². The second kappa shape index (κ2) is 7.94. The average Bonchev–Trinajstić information content (AvgIpc) is 2.42. The van der Waals surface area contributed by atoms with Crippen LogP contribution in [0.15, 0.2) is 30.3 Å². The Hall–Kier alpha value is -2.24. The zero-order valence-corrected chi connectivity index (χ0v) is 10.2. The van der Waals surface area contributed by atoms with Crippen LogP contribution in [0.25, 0.3) is 0 Å². The van der Waals surface area contributed by atoms with Crippen LogP contribution < -0.4 is 20.9 Å². The smallest absolute Gasteiger partial charge is 0.333 e. The summed E-state index contributed by atoms with van der Waals surface area (Å²) in [4.78, 5) is 22.0. The van der Waals surface area contributed by atoms with Crippen LogP contribution in [0.1, 0.15) is 13.3 Å². The molecule has 0 saturated carbocycles. The van der Waals surface area contributed by atoms with Crippen molar-refractivity contribution in [3.8, 4) is 5.75 Å². The van der Waals surface area contributed by atoms with Crippen LogP contribution >= 0.6 is 0 Å². The molecule has 98 valence electrons. The number of rotatable bonds is 5. The number of hydrazine groups is 1. The van der Waals surface area contributed by atoms with Gasteiger partial charge in [-0.25, -0.2) is 10.2 Å². The van der Waals surface area contributed by atoms with Crippen LogP contribution in [0.5, 0.6) is 5.75 Å². The van der Waals surface area contributed by atoms with Gasteiger partial charge in [0.25, 0.3) is 0 Å². The summed E-state index contributed by atoms with van der Waals surface area (Å²) >= 11 is 0. The Morgan fingerprint density at radius 3 is 2.56 bits per heavy atom. The lowest BCUT2D eigenvalue weighted by atomic mass is 10.3. The Morgan fingerprint density at radius 1 is 1.17 bits per heavy atom. The van der Waals surface area contributed by atoms with Crippen molar-refractivity contribution >= 4 is 11.9 Å². The molecule has 1 aromatic carbocycles. The predicted molar refractivity (Wildman–Crippen MR) is 66.9 cm³/mol. The Balaban J connectivity index is 2.07. The fourth-order valence-corrected chi connectivity index (χ4v) is 1.11. The third kappa shape index (κ3) is 5.74. The molecule has 0 aromatic heterocycles. The molecule has 1 aromatic rings. The summed E-state index contributed by atoms with van der Waals surface area (Å²) < 4.78 is 5.37. The van der Waals surface area contributed by atoms with Gasteiger partial charge in [-0.3, -0.25) is 10.2 Å². The summed E-state index contributed by atoms with van der Waals surface area (Å²) in [7, 11) is 0. The molecule has 1 rings (SSSR count). The average molecular weight is 251 g/mol. The molecule has 0 unspecified atom stereocenters. The van der Waals surface area contributed by atoms with Gasteiger partial charge < -0.3 is 10.1 Å². The normalized spacial score (nSPS) is 9.39. The summed E-state index contributed by atoms with van der Waals surface area (Å²) in [5.41, 5.74) is 4.48. The van der Waals surface area contributed by atoms with Crippen LogP contribution in [0.3, 0.4) is 0 Å². The van der Waals surface area contributed by atoms with Gasteiger partial charge in [0.15, 0.2) is 0 Å². The molecule has 3 N–H and O–H groups in total. The lowest BCUT2D eigenvalue weighted by molar-refractivity contribution is -0.121. The Bertz CT molecular complexity index is 381. The van der Waals surface area contributed by atoms with E-state index in [1.165, 1.54) is 0 Å².